The Morgan fingerprint density at radius 2 is 2.00 bits per heavy atom. The number of rotatable bonds is 6. The average Bonchev–Trinajstić information content (AvgIpc) is 3.19. The van der Waals surface area contributed by atoms with Gasteiger partial charge in [0, 0.05) is 23.8 Å². The fourth-order valence-corrected chi connectivity index (χ4v) is 2.86. The standard InChI is InChI=1S/C18H25N3/c1-13(2)18-16(10-19-17-8-9-17)11-20-21(18)12-15-7-5-4-6-14(15)3/h4-7,11,13,17,19H,8-10,12H2,1-3H3. The summed E-state index contributed by atoms with van der Waals surface area (Å²) in [4.78, 5) is 0. The number of hydrogen-bond donors (Lipinski definition) is 1. The van der Waals surface area contributed by atoms with Crippen LogP contribution in [0.2, 0.25) is 0 Å². The quantitative estimate of drug-likeness (QED) is 0.877. The third-order valence-corrected chi connectivity index (χ3v) is 4.25. The summed E-state index contributed by atoms with van der Waals surface area (Å²) in [5, 5.41) is 8.25. The molecule has 112 valence electrons. The maximum atomic E-state index is 4.65. The number of hydrogen-bond acceptors (Lipinski definition) is 2. The first-order chi connectivity index (χ1) is 10.1. The Bertz CT molecular complexity index is 609. The Morgan fingerprint density at radius 3 is 2.67 bits per heavy atom. The molecule has 1 N–H and O–H groups in total. The molecule has 3 rings (SSSR count). The first kappa shape index (κ1) is 14.3. The van der Waals surface area contributed by atoms with Gasteiger partial charge in [0.2, 0.25) is 0 Å². The van der Waals surface area contributed by atoms with Crippen LogP contribution in [0.5, 0.6) is 0 Å². The summed E-state index contributed by atoms with van der Waals surface area (Å²) < 4.78 is 2.18. The second-order valence-electron chi connectivity index (χ2n) is 6.45. The third-order valence-electron chi connectivity index (χ3n) is 4.25. The van der Waals surface area contributed by atoms with E-state index in [1.807, 2.05) is 6.20 Å². The van der Waals surface area contributed by atoms with E-state index >= 15 is 0 Å². The van der Waals surface area contributed by atoms with Crippen molar-refractivity contribution in [1.29, 1.82) is 0 Å². The van der Waals surface area contributed by atoms with E-state index in [1.165, 1.54) is 35.2 Å². The van der Waals surface area contributed by atoms with Gasteiger partial charge >= 0.3 is 0 Å². The Morgan fingerprint density at radius 1 is 1.24 bits per heavy atom. The van der Waals surface area contributed by atoms with Crippen molar-refractivity contribution in [2.24, 2.45) is 0 Å². The number of nitrogens with zero attached hydrogens (tertiary/aromatic N) is 2. The average molecular weight is 283 g/mol. The maximum Gasteiger partial charge on any atom is 0.0665 e. The summed E-state index contributed by atoms with van der Waals surface area (Å²) in [7, 11) is 0. The van der Waals surface area contributed by atoms with Crippen LogP contribution >= 0.6 is 0 Å². The molecule has 3 heteroatoms. The Kier molecular flexibility index (Phi) is 4.11. The van der Waals surface area contributed by atoms with Crippen LogP contribution in [0, 0.1) is 6.92 Å². The van der Waals surface area contributed by atoms with Crippen LogP contribution in [-0.2, 0) is 13.1 Å². The fourth-order valence-electron chi connectivity index (χ4n) is 2.86. The largest absolute Gasteiger partial charge is 0.310 e. The summed E-state index contributed by atoms with van der Waals surface area (Å²) in [6.07, 6.45) is 4.70. The molecule has 1 aromatic heterocycles. The van der Waals surface area contributed by atoms with Gasteiger partial charge in [-0.1, -0.05) is 38.1 Å². The predicted octanol–water partition coefficient (Wildman–Crippen LogP) is 3.62. The van der Waals surface area contributed by atoms with Crippen LogP contribution in [0.1, 0.15) is 55.0 Å². The van der Waals surface area contributed by atoms with Gasteiger partial charge in [-0.3, -0.25) is 4.68 Å². The monoisotopic (exact) mass is 283 g/mol. The lowest BCUT2D eigenvalue weighted by atomic mass is 10.0. The van der Waals surface area contributed by atoms with E-state index in [2.05, 4.69) is 60.1 Å². The second kappa shape index (κ2) is 6.02. The van der Waals surface area contributed by atoms with Gasteiger partial charge in [-0.2, -0.15) is 5.10 Å². The second-order valence-corrected chi connectivity index (χ2v) is 6.45. The zero-order chi connectivity index (χ0) is 14.8. The molecule has 1 heterocycles. The third kappa shape index (κ3) is 3.35. The lowest BCUT2D eigenvalue weighted by molar-refractivity contribution is 0.605. The minimum atomic E-state index is 0.493. The van der Waals surface area contributed by atoms with Gasteiger partial charge in [0.25, 0.3) is 0 Å². The van der Waals surface area contributed by atoms with E-state index in [-0.39, 0.29) is 0 Å². The maximum absolute atomic E-state index is 4.65. The molecule has 0 saturated heterocycles. The zero-order valence-electron chi connectivity index (χ0n) is 13.3. The van der Waals surface area contributed by atoms with Crippen LogP contribution in [0.25, 0.3) is 0 Å². The summed E-state index contributed by atoms with van der Waals surface area (Å²) in [5.41, 5.74) is 5.40. The molecule has 0 amide bonds. The summed E-state index contributed by atoms with van der Waals surface area (Å²) in [6, 6.07) is 9.31. The molecule has 0 aliphatic heterocycles. The van der Waals surface area contributed by atoms with Crippen LogP contribution in [-0.4, -0.2) is 15.8 Å². The van der Waals surface area contributed by atoms with E-state index in [1.54, 1.807) is 0 Å². The molecule has 0 bridgehead atoms. The van der Waals surface area contributed by atoms with Gasteiger partial charge in [0.05, 0.1) is 12.7 Å². The first-order valence-corrected chi connectivity index (χ1v) is 7.97. The van der Waals surface area contributed by atoms with Crippen molar-refractivity contribution >= 4 is 0 Å². The Hall–Kier alpha value is -1.61. The zero-order valence-corrected chi connectivity index (χ0v) is 13.3. The van der Waals surface area contributed by atoms with Crippen molar-refractivity contribution < 1.29 is 0 Å². The van der Waals surface area contributed by atoms with Gasteiger partial charge in [-0.05, 0) is 36.8 Å². The van der Waals surface area contributed by atoms with Crippen molar-refractivity contribution in [1.82, 2.24) is 15.1 Å². The van der Waals surface area contributed by atoms with Crippen molar-refractivity contribution in [3.8, 4) is 0 Å². The molecule has 2 aromatic rings. The molecule has 3 nitrogen and oxygen atoms in total. The van der Waals surface area contributed by atoms with E-state index in [4.69, 9.17) is 0 Å². The Labute approximate surface area is 127 Å². The predicted molar refractivity (Wildman–Crippen MR) is 86.5 cm³/mol. The highest BCUT2D eigenvalue weighted by Gasteiger charge is 2.22. The lowest BCUT2D eigenvalue weighted by Gasteiger charge is -2.14. The summed E-state index contributed by atoms with van der Waals surface area (Å²) >= 11 is 0. The molecular weight excluding hydrogens is 258 g/mol. The first-order valence-electron chi connectivity index (χ1n) is 7.97. The van der Waals surface area contributed by atoms with Crippen molar-refractivity contribution in [2.45, 2.75) is 58.7 Å². The van der Waals surface area contributed by atoms with Crippen molar-refractivity contribution in [2.75, 3.05) is 0 Å². The number of benzene rings is 1. The molecular formula is C18H25N3. The van der Waals surface area contributed by atoms with Gasteiger partial charge < -0.3 is 5.32 Å². The van der Waals surface area contributed by atoms with Crippen LogP contribution in [0.3, 0.4) is 0 Å². The highest BCUT2D eigenvalue weighted by molar-refractivity contribution is 5.28. The molecule has 0 atom stereocenters. The van der Waals surface area contributed by atoms with Gasteiger partial charge in [0.1, 0.15) is 0 Å². The molecule has 0 unspecified atom stereocenters. The highest BCUT2D eigenvalue weighted by Crippen LogP contribution is 2.24. The summed E-state index contributed by atoms with van der Waals surface area (Å²) in [6.45, 7) is 8.50. The number of aryl methyl sites for hydroxylation is 1. The van der Waals surface area contributed by atoms with Gasteiger partial charge in [-0.15, -0.1) is 0 Å². The molecule has 1 aromatic carbocycles. The van der Waals surface area contributed by atoms with Crippen molar-refractivity contribution in [3.63, 3.8) is 0 Å². The van der Waals surface area contributed by atoms with E-state index in [0.717, 1.165) is 19.1 Å². The minimum Gasteiger partial charge on any atom is -0.310 e. The van der Waals surface area contributed by atoms with Crippen LogP contribution in [0.4, 0.5) is 0 Å². The molecule has 0 spiro atoms. The van der Waals surface area contributed by atoms with Crippen molar-refractivity contribution in [3.05, 3.63) is 52.8 Å². The molecule has 1 saturated carbocycles. The molecule has 1 aliphatic carbocycles. The fraction of sp³-hybridized carbons (Fsp3) is 0.500. The lowest BCUT2D eigenvalue weighted by Crippen LogP contribution is -2.17. The van der Waals surface area contributed by atoms with Crippen LogP contribution in [0.15, 0.2) is 30.5 Å². The number of aromatic nitrogens is 2. The van der Waals surface area contributed by atoms with E-state index in [9.17, 15) is 0 Å². The smallest absolute Gasteiger partial charge is 0.0665 e. The molecule has 1 aliphatic rings. The van der Waals surface area contributed by atoms with Gasteiger partial charge in [-0.25, -0.2) is 0 Å². The van der Waals surface area contributed by atoms with E-state index in [0.29, 0.717) is 5.92 Å². The summed E-state index contributed by atoms with van der Waals surface area (Å²) in [5.74, 6) is 0.493. The molecule has 0 radical (unpaired) electrons. The van der Waals surface area contributed by atoms with Crippen LogP contribution < -0.4 is 5.32 Å². The van der Waals surface area contributed by atoms with E-state index < -0.39 is 0 Å². The molecule has 21 heavy (non-hydrogen) atoms. The minimum absolute atomic E-state index is 0.493. The Balaban J connectivity index is 1.82. The highest BCUT2D eigenvalue weighted by atomic mass is 15.3. The normalized spacial score (nSPS) is 14.9. The topological polar surface area (TPSA) is 29.9 Å². The SMILES string of the molecule is Cc1ccccc1Cn1ncc(CNC2CC2)c1C(C)C. The van der Waals surface area contributed by atoms with Gasteiger partial charge in [0.15, 0.2) is 0 Å². The molecule has 1 fully saturated rings. The number of nitrogens with one attached hydrogen (secondary N) is 1.